The number of nitrogens with two attached hydrogens (primary N) is 1. The highest BCUT2D eigenvalue weighted by Crippen LogP contribution is 2.28. The van der Waals surface area contributed by atoms with Crippen LogP contribution in [0.5, 0.6) is 0 Å². The SMILES string of the molecule is CC1(C)CCCN(C(=O)NC(CCC(N)=O)C(=O)O)C1. The van der Waals surface area contributed by atoms with Crippen LogP contribution in [0.15, 0.2) is 0 Å². The Kier molecular flexibility index (Phi) is 5.35. The van der Waals surface area contributed by atoms with E-state index in [0.29, 0.717) is 13.1 Å². The van der Waals surface area contributed by atoms with E-state index in [4.69, 9.17) is 10.8 Å². The molecule has 1 heterocycles. The fourth-order valence-corrected chi connectivity index (χ4v) is 2.38. The van der Waals surface area contributed by atoms with Crippen molar-refractivity contribution in [2.45, 2.75) is 45.6 Å². The first-order valence-electron chi connectivity index (χ1n) is 6.78. The Balaban J connectivity index is 2.57. The fourth-order valence-electron chi connectivity index (χ4n) is 2.38. The van der Waals surface area contributed by atoms with Crippen LogP contribution in [0.25, 0.3) is 0 Å². The van der Waals surface area contributed by atoms with Gasteiger partial charge in [0.1, 0.15) is 6.04 Å². The van der Waals surface area contributed by atoms with E-state index in [1.165, 1.54) is 0 Å². The molecule has 114 valence electrons. The van der Waals surface area contributed by atoms with E-state index in [-0.39, 0.29) is 18.3 Å². The van der Waals surface area contributed by atoms with Crippen molar-refractivity contribution in [3.05, 3.63) is 0 Å². The number of urea groups is 1. The molecule has 4 N–H and O–H groups in total. The van der Waals surface area contributed by atoms with Crippen molar-refractivity contribution in [1.29, 1.82) is 0 Å². The van der Waals surface area contributed by atoms with E-state index < -0.39 is 23.9 Å². The second-order valence-corrected chi connectivity index (χ2v) is 6.03. The van der Waals surface area contributed by atoms with E-state index in [1.807, 2.05) is 0 Å². The predicted molar refractivity (Wildman–Crippen MR) is 73.0 cm³/mol. The summed E-state index contributed by atoms with van der Waals surface area (Å²) in [5, 5.41) is 11.5. The molecule has 1 unspecified atom stereocenters. The molecule has 0 aromatic rings. The highest BCUT2D eigenvalue weighted by molar-refractivity contribution is 5.83. The van der Waals surface area contributed by atoms with Gasteiger partial charge in [-0.15, -0.1) is 0 Å². The number of carboxylic acid groups (broad SMARTS) is 1. The Morgan fingerprint density at radius 2 is 2.05 bits per heavy atom. The number of piperidine rings is 1. The maximum Gasteiger partial charge on any atom is 0.326 e. The molecule has 1 atom stereocenters. The van der Waals surface area contributed by atoms with Gasteiger partial charge in [0.05, 0.1) is 0 Å². The maximum absolute atomic E-state index is 12.1. The highest BCUT2D eigenvalue weighted by Gasteiger charge is 2.31. The molecule has 0 aromatic heterocycles. The molecule has 7 heteroatoms. The molecule has 0 radical (unpaired) electrons. The number of aliphatic carboxylic acids is 1. The van der Waals surface area contributed by atoms with E-state index in [1.54, 1.807) is 4.90 Å². The third kappa shape index (κ3) is 5.07. The predicted octanol–water partition coefficient (Wildman–Crippen LogP) is 0.537. The fraction of sp³-hybridized carbons (Fsp3) is 0.769. The lowest BCUT2D eigenvalue weighted by Gasteiger charge is -2.38. The van der Waals surface area contributed by atoms with Gasteiger partial charge in [-0.2, -0.15) is 0 Å². The first-order chi connectivity index (χ1) is 9.21. The van der Waals surface area contributed by atoms with Crippen LogP contribution in [0.2, 0.25) is 0 Å². The topological polar surface area (TPSA) is 113 Å². The normalized spacial score (nSPS) is 19.2. The summed E-state index contributed by atoms with van der Waals surface area (Å²) >= 11 is 0. The third-order valence-corrected chi connectivity index (χ3v) is 3.46. The molecule has 0 bridgehead atoms. The number of nitrogens with zero attached hydrogens (tertiary/aromatic N) is 1. The molecule has 0 aliphatic carbocycles. The minimum absolute atomic E-state index is 0.00758. The van der Waals surface area contributed by atoms with Crippen molar-refractivity contribution in [3.63, 3.8) is 0 Å². The molecular weight excluding hydrogens is 262 g/mol. The lowest BCUT2D eigenvalue weighted by atomic mass is 9.84. The van der Waals surface area contributed by atoms with Crippen LogP contribution in [-0.4, -0.2) is 47.0 Å². The van der Waals surface area contributed by atoms with Crippen molar-refractivity contribution >= 4 is 17.9 Å². The molecule has 3 amide bonds. The number of likely N-dealkylation sites (tertiary alicyclic amines) is 1. The van der Waals surface area contributed by atoms with E-state index >= 15 is 0 Å². The number of amides is 3. The molecule has 1 saturated heterocycles. The van der Waals surface area contributed by atoms with Crippen LogP contribution in [0, 0.1) is 5.41 Å². The summed E-state index contributed by atoms with van der Waals surface area (Å²) in [6.07, 6.45) is 1.89. The molecule has 20 heavy (non-hydrogen) atoms. The zero-order valence-corrected chi connectivity index (χ0v) is 12.0. The lowest BCUT2D eigenvalue weighted by Crippen LogP contribution is -2.52. The number of primary amides is 1. The number of carbonyl (C=O) groups is 3. The Labute approximate surface area is 118 Å². The van der Waals surface area contributed by atoms with Gasteiger partial charge in [0.15, 0.2) is 0 Å². The van der Waals surface area contributed by atoms with Gasteiger partial charge in [0.2, 0.25) is 5.91 Å². The smallest absolute Gasteiger partial charge is 0.326 e. The summed E-state index contributed by atoms with van der Waals surface area (Å²) in [5.74, 6) is -1.74. The molecular formula is C13H23N3O4. The van der Waals surface area contributed by atoms with Crippen LogP contribution in [0.3, 0.4) is 0 Å². The van der Waals surface area contributed by atoms with Crippen LogP contribution in [-0.2, 0) is 9.59 Å². The molecule has 1 fully saturated rings. The van der Waals surface area contributed by atoms with Crippen LogP contribution in [0.1, 0.15) is 39.5 Å². The number of carbonyl (C=O) groups excluding carboxylic acids is 2. The lowest BCUT2D eigenvalue weighted by molar-refractivity contribution is -0.139. The van der Waals surface area contributed by atoms with Crippen molar-refractivity contribution < 1.29 is 19.5 Å². The zero-order valence-electron chi connectivity index (χ0n) is 12.0. The van der Waals surface area contributed by atoms with E-state index in [9.17, 15) is 14.4 Å². The average Bonchev–Trinajstić information content (AvgIpc) is 2.32. The molecule has 0 spiro atoms. The summed E-state index contributed by atoms with van der Waals surface area (Å²) in [4.78, 5) is 35.5. The first-order valence-corrected chi connectivity index (χ1v) is 6.78. The summed E-state index contributed by atoms with van der Waals surface area (Å²) < 4.78 is 0. The summed E-state index contributed by atoms with van der Waals surface area (Å²) in [6, 6.07) is -1.48. The molecule has 7 nitrogen and oxygen atoms in total. The molecule has 0 saturated carbocycles. The summed E-state index contributed by atoms with van der Waals surface area (Å²) in [6.45, 7) is 5.38. The van der Waals surface area contributed by atoms with Crippen LogP contribution >= 0.6 is 0 Å². The quantitative estimate of drug-likeness (QED) is 0.684. The summed E-state index contributed by atoms with van der Waals surface area (Å²) in [7, 11) is 0. The molecule has 1 aliphatic rings. The van der Waals surface area contributed by atoms with Crippen LogP contribution < -0.4 is 11.1 Å². The summed E-state index contributed by atoms with van der Waals surface area (Å²) in [5.41, 5.74) is 5.04. The largest absolute Gasteiger partial charge is 0.480 e. The third-order valence-electron chi connectivity index (χ3n) is 3.46. The molecule has 1 aliphatic heterocycles. The monoisotopic (exact) mass is 285 g/mol. The van der Waals surface area contributed by atoms with Crippen molar-refractivity contribution in [2.24, 2.45) is 11.1 Å². The first kappa shape index (κ1) is 16.3. The second kappa shape index (κ2) is 6.58. The van der Waals surface area contributed by atoms with Crippen molar-refractivity contribution in [2.75, 3.05) is 13.1 Å². The van der Waals surface area contributed by atoms with Gasteiger partial charge in [-0.05, 0) is 24.7 Å². The Morgan fingerprint density at radius 3 is 2.55 bits per heavy atom. The zero-order chi connectivity index (χ0) is 15.3. The van der Waals surface area contributed by atoms with Gasteiger partial charge in [-0.3, -0.25) is 4.79 Å². The van der Waals surface area contributed by atoms with E-state index in [0.717, 1.165) is 12.8 Å². The average molecular weight is 285 g/mol. The van der Waals surface area contributed by atoms with E-state index in [2.05, 4.69) is 19.2 Å². The number of carboxylic acids is 1. The van der Waals surface area contributed by atoms with Gasteiger partial charge < -0.3 is 21.1 Å². The van der Waals surface area contributed by atoms with Crippen LogP contribution in [0.4, 0.5) is 4.79 Å². The van der Waals surface area contributed by atoms with Gasteiger partial charge >= 0.3 is 12.0 Å². The van der Waals surface area contributed by atoms with Gasteiger partial charge in [0.25, 0.3) is 0 Å². The number of rotatable bonds is 5. The number of hydrogen-bond acceptors (Lipinski definition) is 3. The molecule has 1 rings (SSSR count). The Morgan fingerprint density at radius 1 is 1.40 bits per heavy atom. The van der Waals surface area contributed by atoms with Gasteiger partial charge in [-0.25, -0.2) is 9.59 Å². The Bertz CT molecular complexity index is 395. The van der Waals surface area contributed by atoms with Crippen molar-refractivity contribution in [1.82, 2.24) is 10.2 Å². The standard InChI is InChI=1S/C13H23N3O4/c1-13(2)6-3-7-16(8-13)12(20)15-9(11(18)19)4-5-10(14)17/h9H,3-8H2,1-2H3,(H2,14,17)(H,15,20)(H,18,19). The maximum atomic E-state index is 12.1. The highest BCUT2D eigenvalue weighted by atomic mass is 16.4. The van der Waals surface area contributed by atoms with Crippen molar-refractivity contribution in [3.8, 4) is 0 Å². The number of nitrogens with one attached hydrogen (secondary N) is 1. The van der Waals surface area contributed by atoms with Gasteiger partial charge in [-0.1, -0.05) is 13.8 Å². The minimum atomic E-state index is -1.16. The minimum Gasteiger partial charge on any atom is -0.480 e. The molecule has 0 aromatic carbocycles. The Hall–Kier alpha value is -1.79. The second-order valence-electron chi connectivity index (χ2n) is 6.03. The number of hydrogen-bond donors (Lipinski definition) is 3. The van der Waals surface area contributed by atoms with Gasteiger partial charge in [0, 0.05) is 19.5 Å².